The molecule has 396 valence electrons. The number of carboxylic acids is 1. The van der Waals surface area contributed by atoms with Gasteiger partial charge in [-0.05, 0) is 178 Å². The van der Waals surface area contributed by atoms with Crippen molar-refractivity contribution in [2.75, 3.05) is 24.6 Å². The molecule has 8 rings (SSSR count). The second-order valence-corrected chi connectivity index (χ2v) is 24.0. The van der Waals surface area contributed by atoms with Crippen molar-refractivity contribution < 1.29 is 49.9 Å². The molecular formula is C59H69N4O10S2+. The van der Waals surface area contributed by atoms with Crippen LogP contribution in [0.2, 0.25) is 0 Å². The van der Waals surface area contributed by atoms with E-state index in [0.717, 1.165) is 105 Å². The average molecular weight is 1060 g/mol. The minimum atomic E-state index is -4.47. The number of unbranched alkanes of at least 4 members (excludes halogenated alkanes) is 3. The fourth-order valence-corrected chi connectivity index (χ4v) is 12.2. The minimum Gasteiger partial charge on any atom is -0.494 e. The Morgan fingerprint density at radius 2 is 1.57 bits per heavy atom. The van der Waals surface area contributed by atoms with Gasteiger partial charge in [0.2, 0.25) is 11.6 Å². The van der Waals surface area contributed by atoms with Gasteiger partial charge in [0.15, 0.2) is 5.71 Å². The molecule has 0 saturated carbocycles. The first-order valence-corrected chi connectivity index (χ1v) is 28.7. The van der Waals surface area contributed by atoms with Crippen LogP contribution in [-0.4, -0.2) is 77.9 Å². The molecule has 16 heteroatoms. The Morgan fingerprint density at radius 3 is 2.29 bits per heavy atom. The van der Waals surface area contributed by atoms with E-state index in [1.807, 2.05) is 83.3 Å². The molecule has 0 fully saturated rings. The molecule has 1 unspecified atom stereocenters. The summed E-state index contributed by atoms with van der Waals surface area (Å²) in [5, 5.41) is 13.0. The van der Waals surface area contributed by atoms with Crippen LogP contribution in [0.3, 0.4) is 0 Å². The number of amides is 1. The highest BCUT2D eigenvalue weighted by molar-refractivity contribution is 7.86. The molecule has 3 aliphatic rings. The highest BCUT2D eigenvalue weighted by atomic mass is 32.2. The Bertz CT molecular complexity index is 3340. The number of likely N-dealkylation sites (N-methyl/N-ethyl adjacent to an activating group) is 1. The van der Waals surface area contributed by atoms with Crippen molar-refractivity contribution >= 4 is 49.2 Å². The van der Waals surface area contributed by atoms with E-state index in [1.165, 1.54) is 29.8 Å². The number of rotatable bonds is 21. The van der Waals surface area contributed by atoms with Gasteiger partial charge in [-0.25, -0.2) is 0 Å². The van der Waals surface area contributed by atoms with Crippen molar-refractivity contribution in [3.63, 3.8) is 0 Å². The number of carbonyl (C=O) groups is 2. The maximum atomic E-state index is 13.3. The molecule has 4 N–H and O–H groups in total. The number of carboxylic acid groups (broad SMARTS) is 1. The standard InChI is InChI=1S/C59H68N4O10S2/c1-7-62-52-24-21-47(74(67,68)69)36-50(52)58(3,4)54(62)15-13-16-55-59(5,6)51-37-48(75(70,71)72)22-25-53(51)63(55)28-11-8-9-17-56(64)61-38-40-18-23-49-43(31-40)33-42-34-46(20-19-41(42)32-44(49)35-57(65)66)73-29-12-10-14-45-30-39(2)26-27-60-45/h13,15-16,18-27,30-31,34,36-37,44H,7-12,14,17,28-29,32-33,35,38H2,1-6H3,(H3-,61,64,65,66,67,68,69,70,71,72)/p+1. The summed E-state index contributed by atoms with van der Waals surface area (Å²) in [7, 11) is -8.87. The zero-order valence-electron chi connectivity index (χ0n) is 43.7. The van der Waals surface area contributed by atoms with Gasteiger partial charge in [-0.2, -0.15) is 21.4 Å². The number of nitrogens with zero attached hydrogens (tertiary/aromatic N) is 3. The SMILES string of the molecule is CCN1C(=CC=CC2=[N+](CCCCCC(=O)NCc3ccc4c(c3)Cc3cc(OCCCCc5cc(C)ccn5)ccc3CC4CC(=O)O)c3ccc(S(=O)(=O)O)cc3C2(C)C)C(C)(C)c2cc(S(=O)(=O)O)ccc21. The Morgan fingerprint density at radius 1 is 0.827 bits per heavy atom. The van der Waals surface area contributed by atoms with Gasteiger partial charge in [0.25, 0.3) is 20.2 Å². The number of carbonyl (C=O) groups excluding carboxylic acids is 1. The molecule has 1 aromatic heterocycles. The highest BCUT2D eigenvalue weighted by Crippen LogP contribution is 2.49. The van der Waals surface area contributed by atoms with Crippen LogP contribution in [0.15, 0.2) is 125 Å². The molecule has 5 aromatic rings. The number of ether oxygens (including phenoxy) is 1. The summed E-state index contributed by atoms with van der Waals surface area (Å²) in [4.78, 5) is 31.6. The van der Waals surface area contributed by atoms with Crippen molar-refractivity contribution in [3.05, 3.63) is 165 Å². The first-order chi connectivity index (χ1) is 35.5. The van der Waals surface area contributed by atoms with Crippen LogP contribution in [0.4, 0.5) is 11.4 Å². The lowest BCUT2D eigenvalue weighted by Crippen LogP contribution is -2.28. The van der Waals surface area contributed by atoms with Crippen LogP contribution >= 0.6 is 0 Å². The minimum absolute atomic E-state index is 0.0141. The fourth-order valence-electron chi connectivity index (χ4n) is 11.1. The number of aliphatic carboxylic acids is 1. The number of anilines is 1. The third-order valence-electron chi connectivity index (χ3n) is 15.1. The number of aromatic nitrogens is 1. The van der Waals surface area contributed by atoms with Crippen molar-refractivity contribution in [2.24, 2.45) is 0 Å². The van der Waals surface area contributed by atoms with Crippen molar-refractivity contribution in [3.8, 4) is 5.75 Å². The molecule has 1 atom stereocenters. The van der Waals surface area contributed by atoms with Crippen LogP contribution in [-0.2, 0) is 66.5 Å². The first kappa shape index (κ1) is 54.8. The Hall–Kier alpha value is -6.46. The van der Waals surface area contributed by atoms with E-state index in [-0.39, 0.29) is 28.0 Å². The topological polar surface area (TPSA) is 204 Å². The normalized spacial score (nSPS) is 17.1. The van der Waals surface area contributed by atoms with E-state index in [1.54, 1.807) is 12.1 Å². The van der Waals surface area contributed by atoms with Gasteiger partial charge in [0.05, 0.1) is 28.2 Å². The molecular weight excluding hydrogens is 989 g/mol. The molecule has 1 aliphatic carbocycles. The van der Waals surface area contributed by atoms with E-state index in [9.17, 15) is 40.6 Å². The molecule has 0 saturated heterocycles. The van der Waals surface area contributed by atoms with Crippen LogP contribution in [0.5, 0.6) is 5.75 Å². The predicted octanol–water partition coefficient (Wildman–Crippen LogP) is 10.5. The summed E-state index contributed by atoms with van der Waals surface area (Å²) in [5.74, 6) is -0.317. The Kier molecular flexibility index (Phi) is 16.4. The van der Waals surface area contributed by atoms with Gasteiger partial charge >= 0.3 is 5.97 Å². The lowest BCUT2D eigenvalue weighted by molar-refractivity contribution is -0.438. The highest BCUT2D eigenvalue weighted by Gasteiger charge is 2.45. The zero-order valence-corrected chi connectivity index (χ0v) is 45.4. The lowest BCUT2D eigenvalue weighted by atomic mass is 9.81. The van der Waals surface area contributed by atoms with E-state index in [0.29, 0.717) is 51.9 Å². The van der Waals surface area contributed by atoms with Crippen LogP contribution in [0.1, 0.15) is 136 Å². The van der Waals surface area contributed by atoms with Crippen molar-refractivity contribution in [2.45, 2.75) is 139 Å². The maximum absolute atomic E-state index is 13.3. The second kappa shape index (κ2) is 22.4. The van der Waals surface area contributed by atoms with E-state index < -0.39 is 37.0 Å². The van der Waals surface area contributed by atoms with Crippen LogP contribution in [0, 0.1) is 6.92 Å². The molecule has 1 amide bonds. The number of allylic oxidation sites excluding steroid dienone is 4. The molecule has 0 spiro atoms. The van der Waals surface area contributed by atoms with Gasteiger partial charge in [0, 0.05) is 72.3 Å². The summed E-state index contributed by atoms with van der Waals surface area (Å²) < 4.78 is 76.9. The van der Waals surface area contributed by atoms with E-state index in [2.05, 4.69) is 51.0 Å². The third kappa shape index (κ3) is 12.5. The van der Waals surface area contributed by atoms with Crippen molar-refractivity contribution in [1.29, 1.82) is 0 Å². The first-order valence-electron chi connectivity index (χ1n) is 25.9. The number of benzene rings is 4. The summed E-state index contributed by atoms with van der Waals surface area (Å²) in [6.07, 6.45) is 14.3. The summed E-state index contributed by atoms with van der Waals surface area (Å²) in [6.45, 7) is 14.2. The summed E-state index contributed by atoms with van der Waals surface area (Å²) in [6, 6.07) is 25.7. The van der Waals surface area contributed by atoms with Gasteiger partial charge in [-0.3, -0.25) is 23.7 Å². The predicted molar refractivity (Wildman–Crippen MR) is 291 cm³/mol. The number of hydrogen-bond acceptors (Lipinski definition) is 9. The largest absolute Gasteiger partial charge is 0.494 e. The number of aryl methyl sites for hydroxylation is 2. The third-order valence-corrected chi connectivity index (χ3v) is 16.8. The summed E-state index contributed by atoms with van der Waals surface area (Å²) in [5.41, 5.74) is 11.3. The van der Waals surface area contributed by atoms with Crippen LogP contribution < -0.4 is 15.0 Å². The quantitative estimate of drug-likeness (QED) is 0.0308. The van der Waals surface area contributed by atoms with E-state index in [4.69, 9.17) is 4.74 Å². The molecule has 4 aromatic carbocycles. The number of fused-ring (bicyclic) bond motifs is 4. The van der Waals surface area contributed by atoms with Crippen molar-refractivity contribution in [1.82, 2.24) is 10.3 Å². The van der Waals surface area contributed by atoms with E-state index >= 15 is 0 Å². The average Bonchev–Trinajstić information content (AvgIpc) is 3.65. The summed E-state index contributed by atoms with van der Waals surface area (Å²) >= 11 is 0. The van der Waals surface area contributed by atoms with Gasteiger partial charge in [-0.1, -0.05) is 44.2 Å². The Balaban J connectivity index is 0.905. The molecule has 75 heavy (non-hydrogen) atoms. The molecule has 14 nitrogen and oxygen atoms in total. The maximum Gasteiger partial charge on any atom is 0.303 e. The van der Waals surface area contributed by atoms with Gasteiger partial charge in [-0.15, -0.1) is 0 Å². The smallest absolute Gasteiger partial charge is 0.303 e. The monoisotopic (exact) mass is 1060 g/mol. The molecule has 0 radical (unpaired) electrons. The number of hydrogen-bond donors (Lipinski definition) is 4. The molecule has 2 aliphatic heterocycles. The number of pyridine rings is 1. The molecule has 3 heterocycles. The lowest BCUT2D eigenvalue weighted by Gasteiger charge is -2.25. The van der Waals surface area contributed by atoms with Gasteiger partial charge < -0.3 is 20.1 Å². The van der Waals surface area contributed by atoms with Crippen LogP contribution in [0.25, 0.3) is 0 Å². The number of nitrogens with one attached hydrogen (secondary N) is 1. The second-order valence-electron chi connectivity index (χ2n) is 21.1. The Labute approximate surface area is 441 Å². The van der Waals surface area contributed by atoms with Gasteiger partial charge in [0.1, 0.15) is 12.3 Å². The zero-order chi connectivity index (χ0) is 53.9. The molecule has 0 bridgehead atoms. The fraction of sp³-hybridized carbons (Fsp3) is 0.390.